The van der Waals surface area contributed by atoms with Crippen molar-refractivity contribution < 1.29 is 13.2 Å². The fourth-order valence-corrected chi connectivity index (χ4v) is 3.41. The second-order valence-corrected chi connectivity index (χ2v) is 8.80. The predicted octanol–water partition coefficient (Wildman–Crippen LogP) is 3.50. The molecule has 2 aromatic rings. The molecule has 0 unspecified atom stereocenters. The number of anilines is 1. The summed E-state index contributed by atoms with van der Waals surface area (Å²) in [6.07, 6.45) is 1.14. The molecule has 6 heteroatoms. The average Bonchev–Trinajstić information content (AvgIpc) is 2.55. The molecule has 0 aromatic heterocycles. The van der Waals surface area contributed by atoms with Crippen LogP contribution in [-0.4, -0.2) is 27.6 Å². The van der Waals surface area contributed by atoms with Crippen molar-refractivity contribution in [1.29, 1.82) is 0 Å². The number of hydrogen-bond donors (Lipinski definition) is 1. The van der Waals surface area contributed by atoms with E-state index in [2.05, 4.69) is 11.4 Å². The highest BCUT2D eigenvalue weighted by molar-refractivity contribution is 7.92. The van der Waals surface area contributed by atoms with Gasteiger partial charge in [-0.15, -0.1) is 0 Å². The van der Waals surface area contributed by atoms with Gasteiger partial charge in [-0.3, -0.25) is 9.10 Å². The average molecular weight is 375 g/mol. The third kappa shape index (κ3) is 4.43. The molecule has 0 aliphatic heterocycles. The van der Waals surface area contributed by atoms with Crippen LogP contribution in [0.5, 0.6) is 0 Å². The zero-order chi connectivity index (χ0) is 19.6. The first kappa shape index (κ1) is 20.0. The monoisotopic (exact) mass is 374 g/mol. The van der Waals surface area contributed by atoms with Gasteiger partial charge in [0, 0.05) is 12.6 Å². The normalized spacial score (nSPS) is 12.5. The highest BCUT2D eigenvalue weighted by atomic mass is 32.2. The van der Waals surface area contributed by atoms with E-state index < -0.39 is 10.0 Å². The Bertz CT molecular complexity index is 936. The third-order valence-corrected chi connectivity index (χ3v) is 5.75. The number of sulfonamides is 1. The zero-order valence-electron chi connectivity index (χ0n) is 16.1. The van der Waals surface area contributed by atoms with Crippen molar-refractivity contribution >= 4 is 21.6 Å². The van der Waals surface area contributed by atoms with Crippen LogP contribution in [0.15, 0.2) is 36.4 Å². The molecule has 1 amide bonds. The van der Waals surface area contributed by atoms with Crippen molar-refractivity contribution in [2.45, 2.75) is 33.7 Å². The number of benzene rings is 2. The first-order valence-electron chi connectivity index (χ1n) is 8.43. The van der Waals surface area contributed by atoms with Crippen molar-refractivity contribution in [3.05, 3.63) is 64.2 Å². The standard InChI is InChI=1S/C20H26N2O3S/c1-13-7-8-14(2)18(11-13)16(4)21-20(23)17-10-9-15(3)19(12-17)22(5)26(6,24)25/h7-12,16H,1-6H3,(H,21,23)/t16-/m0/s1. The Hall–Kier alpha value is -2.34. The van der Waals surface area contributed by atoms with Gasteiger partial charge < -0.3 is 5.32 Å². The van der Waals surface area contributed by atoms with E-state index in [1.165, 1.54) is 11.4 Å². The second-order valence-electron chi connectivity index (χ2n) is 6.79. The van der Waals surface area contributed by atoms with Crippen molar-refractivity contribution in [3.8, 4) is 0 Å². The Morgan fingerprint density at radius 3 is 2.27 bits per heavy atom. The number of carbonyl (C=O) groups is 1. The summed E-state index contributed by atoms with van der Waals surface area (Å²) in [7, 11) is -1.91. The molecule has 0 fully saturated rings. The molecule has 0 bridgehead atoms. The zero-order valence-corrected chi connectivity index (χ0v) is 16.9. The van der Waals surface area contributed by atoms with Gasteiger partial charge in [0.15, 0.2) is 0 Å². The van der Waals surface area contributed by atoms with Crippen LogP contribution >= 0.6 is 0 Å². The molecular weight excluding hydrogens is 348 g/mol. The van der Waals surface area contributed by atoms with Crippen LogP contribution in [0, 0.1) is 20.8 Å². The molecule has 140 valence electrons. The predicted molar refractivity (Wildman–Crippen MR) is 106 cm³/mol. The molecule has 2 aromatic carbocycles. The summed E-state index contributed by atoms with van der Waals surface area (Å²) in [6, 6.07) is 11.1. The van der Waals surface area contributed by atoms with Crippen molar-refractivity contribution in [3.63, 3.8) is 0 Å². The minimum atomic E-state index is -3.40. The summed E-state index contributed by atoms with van der Waals surface area (Å²) in [5, 5.41) is 3.00. The van der Waals surface area contributed by atoms with E-state index in [4.69, 9.17) is 0 Å². The fraction of sp³-hybridized carbons (Fsp3) is 0.350. The molecule has 0 spiro atoms. The Balaban J connectivity index is 2.29. The Morgan fingerprint density at radius 1 is 1.04 bits per heavy atom. The summed E-state index contributed by atoms with van der Waals surface area (Å²) in [5.74, 6) is -0.235. The van der Waals surface area contributed by atoms with Crippen molar-refractivity contribution in [1.82, 2.24) is 5.32 Å². The first-order chi connectivity index (χ1) is 12.0. The van der Waals surface area contributed by atoms with Gasteiger partial charge in [0.2, 0.25) is 10.0 Å². The quantitative estimate of drug-likeness (QED) is 0.871. The van der Waals surface area contributed by atoms with Crippen molar-refractivity contribution in [2.24, 2.45) is 0 Å². The number of nitrogens with zero attached hydrogens (tertiary/aromatic N) is 1. The molecule has 0 aliphatic rings. The van der Waals surface area contributed by atoms with E-state index in [1.807, 2.05) is 39.8 Å². The highest BCUT2D eigenvalue weighted by Gasteiger charge is 2.18. The van der Waals surface area contributed by atoms with Crippen LogP contribution in [0.1, 0.15) is 45.6 Å². The lowest BCUT2D eigenvalue weighted by molar-refractivity contribution is 0.0940. The number of aryl methyl sites for hydroxylation is 3. The van der Waals surface area contributed by atoms with Crippen LogP contribution in [0.2, 0.25) is 0 Å². The largest absolute Gasteiger partial charge is 0.346 e. The number of rotatable bonds is 5. The molecule has 2 rings (SSSR count). The smallest absolute Gasteiger partial charge is 0.251 e. The molecule has 1 N–H and O–H groups in total. The summed E-state index contributed by atoms with van der Waals surface area (Å²) >= 11 is 0. The van der Waals surface area contributed by atoms with Gasteiger partial charge in [-0.25, -0.2) is 8.42 Å². The molecule has 0 saturated carbocycles. The Morgan fingerprint density at radius 2 is 1.65 bits per heavy atom. The van der Waals surface area contributed by atoms with Gasteiger partial charge in [-0.05, 0) is 56.5 Å². The first-order valence-corrected chi connectivity index (χ1v) is 10.3. The van der Waals surface area contributed by atoms with Gasteiger partial charge in [0.1, 0.15) is 0 Å². The molecule has 1 atom stereocenters. The number of hydrogen-bond acceptors (Lipinski definition) is 3. The van der Waals surface area contributed by atoms with Crippen molar-refractivity contribution in [2.75, 3.05) is 17.6 Å². The number of carbonyl (C=O) groups excluding carboxylic acids is 1. The van der Waals surface area contributed by atoms with Gasteiger partial charge >= 0.3 is 0 Å². The van der Waals surface area contributed by atoms with Crippen LogP contribution in [0.4, 0.5) is 5.69 Å². The summed E-state index contributed by atoms with van der Waals surface area (Å²) in [6.45, 7) is 7.79. The van der Waals surface area contributed by atoms with E-state index in [9.17, 15) is 13.2 Å². The lowest BCUT2D eigenvalue weighted by atomic mass is 9.99. The maximum absolute atomic E-state index is 12.7. The van der Waals surface area contributed by atoms with Crippen LogP contribution in [-0.2, 0) is 10.0 Å². The Labute approximate surface area is 156 Å². The molecule has 0 heterocycles. The minimum Gasteiger partial charge on any atom is -0.346 e. The highest BCUT2D eigenvalue weighted by Crippen LogP contribution is 2.24. The molecule has 5 nitrogen and oxygen atoms in total. The van der Waals surface area contributed by atoms with E-state index in [1.54, 1.807) is 18.2 Å². The van der Waals surface area contributed by atoms with Gasteiger partial charge in [-0.1, -0.05) is 29.8 Å². The summed E-state index contributed by atoms with van der Waals surface area (Å²) in [4.78, 5) is 12.7. The van der Waals surface area contributed by atoms with Crippen LogP contribution < -0.4 is 9.62 Å². The molecule has 26 heavy (non-hydrogen) atoms. The Kier molecular flexibility index (Phi) is 5.76. The topological polar surface area (TPSA) is 66.5 Å². The third-order valence-electron chi connectivity index (χ3n) is 4.56. The van der Waals surface area contributed by atoms with Gasteiger partial charge in [0.25, 0.3) is 5.91 Å². The van der Waals surface area contributed by atoms with Gasteiger partial charge in [-0.2, -0.15) is 0 Å². The maximum Gasteiger partial charge on any atom is 0.251 e. The summed E-state index contributed by atoms with van der Waals surface area (Å²) < 4.78 is 24.8. The lowest BCUT2D eigenvalue weighted by Gasteiger charge is -2.21. The SMILES string of the molecule is Cc1ccc(C)c([C@H](C)NC(=O)c2ccc(C)c(N(C)S(C)(=O)=O)c2)c1. The molecule has 0 saturated heterocycles. The van der Waals surface area contributed by atoms with Gasteiger partial charge in [0.05, 0.1) is 18.0 Å². The molecular formula is C20H26N2O3S. The fourth-order valence-electron chi connectivity index (χ4n) is 2.85. The summed E-state index contributed by atoms with van der Waals surface area (Å²) in [5.41, 5.74) is 5.04. The molecule has 0 radical (unpaired) electrons. The van der Waals surface area contributed by atoms with Crippen LogP contribution in [0.3, 0.4) is 0 Å². The lowest BCUT2D eigenvalue weighted by Crippen LogP contribution is -2.29. The number of amides is 1. The van der Waals surface area contributed by atoms with E-state index in [0.29, 0.717) is 11.3 Å². The van der Waals surface area contributed by atoms with E-state index in [0.717, 1.165) is 28.5 Å². The second kappa shape index (κ2) is 7.50. The molecule has 0 aliphatic carbocycles. The van der Waals surface area contributed by atoms with E-state index in [-0.39, 0.29) is 11.9 Å². The maximum atomic E-state index is 12.7. The van der Waals surface area contributed by atoms with Crippen LogP contribution in [0.25, 0.3) is 0 Å². The van der Waals surface area contributed by atoms with E-state index >= 15 is 0 Å². The minimum absolute atomic E-state index is 0.153. The number of nitrogens with one attached hydrogen (secondary N) is 1.